The summed E-state index contributed by atoms with van der Waals surface area (Å²) in [7, 11) is 0. The van der Waals surface area contributed by atoms with E-state index in [9.17, 15) is 5.11 Å². The molecule has 7 heteroatoms. The first kappa shape index (κ1) is 20.0. The number of benzene rings is 3. The zero-order chi connectivity index (χ0) is 20.2. The number of halogens is 2. The Kier molecular flexibility index (Phi) is 6.21. The van der Waals surface area contributed by atoms with Gasteiger partial charge >= 0.3 is 0 Å². The van der Waals surface area contributed by atoms with E-state index in [1.165, 1.54) is 11.8 Å². The van der Waals surface area contributed by atoms with Crippen molar-refractivity contribution in [3.05, 3.63) is 106 Å². The van der Waals surface area contributed by atoms with Crippen molar-refractivity contribution in [1.82, 2.24) is 14.8 Å². The lowest BCUT2D eigenvalue weighted by Gasteiger charge is -2.14. The SMILES string of the molecule is O[C@@H](c1ccccc1)c1nnc(SCc2c(Cl)cccc2Cl)n1-c1ccccc1. The summed E-state index contributed by atoms with van der Waals surface area (Å²) in [6, 6.07) is 24.6. The van der Waals surface area contributed by atoms with Crippen molar-refractivity contribution in [2.75, 3.05) is 0 Å². The smallest absolute Gasteiger partial charge is 0.196 e. The van der Waals surface area contributed by atoms with Crippen LogP contribution in [-0.2, 0) is 5.75 Å². The van der Waals surface area contributed by atoms with Crippen molar-refractivity contribution in [2.24, 2.45) is 0 Å². The minimum Gasteiger partial charge on any atom is -0.380 e. The minimum absolute atomic E-state index is 0.454. The molecule has 0 spiro atoms. The van der Waals surface area contributed by atoms with Gasteiger partial charge in [0.2, 0.25) is 0 Å². The second kappa shape index (κ2) is 9.01. The van der Waals surface area contributed by atoms with Crippen LogP contribution >= 0.6 is 35.0 Å². The van der Waals surface area contributed by atoms with Crippen molar-refractivity contribution in [3.63, 3.8) is 0 Å². The van der Waals surface area contributed by atoms with Gasteiger partial charge in [-0.2, -0.15) is 0 Å². The number of aliphatic hydroxyl groups is 1. The fourth-order valence-electron chi connectivity index (χ4n) is 2.96. The largest absolute Gasteiger partial charge is 0.380 e. The van der Waals surface area contributed by atoms with Gasteiger partial charge in [-0.15, -0.1) is 10.2 Å². The quantitative estimate of drug-likeness (QED) is 0.375. The van der Waals surface area contributed by atoms with Gasteiger partial charge in [-0.25, -0.2) is 0 Å². The standard InChI is InChI=1S/C22H17Cl2N3OS/c23-18-12-7-13-19(24)17(18)14-29-22-26-25-21(20(28)15-8-3-1-4-9-15)27(22)16-10-5-2-6-11-16/h1-13,20,28H,14H2/t20-/m0/s1. The normalized spacial score (nSPS) is 12.1. The number of thioether (sulfide) groups is 1. The van der Waals surface area contributed by atoms with Crippen LogP contribution in [-0.4, -0.2) is 19.9 Å². The second-order valence-electron chi connectivity index (χ2n) is 6.31. The fourth-order valence-corrected chi connectivity index (χ4v) is 4.66. The molecule has 0 saturated carbocycles. The zero-order valence-electron chi connectivity index (χ0n) is 15.2. The lowest BCUT2D eigenvalue weighted by molar-refractivity contribution is 0.207. The average Bonchev–Trinajstić information content (AvgIpc) is 3.18. The van der Waals surface area contributed by atoms with Crippen molar-refractivity contribution in [1.29, 1.82) is 0 Å². The molecule has 3 aromatic carbocycles. The Hall–Kier alpha value is -2.31. The minimum atomic E-state index is -0.901. The molecule has 1 aromatic heterocycles. The third kappa shape index (κ3) is 4.33. The predicted molar refractivity (Wildman–Crippen MR) is 118 cm³/mol. The summed E-state index contributed by atoms with van der Waals surface area (Å²) in [6.45, 7) is 0. The van der Waals surface area contributed by atoms with Crippen molar-refractivity contribution < 1.29 is 5.11 Å². The van der Waals surface area contributed by atoms with E-state index in [1.807, 2.05) is 83.4 Å². The van der Waals surface area contributed by atoms with E-state index < -0.39 is 6.10 Å². The first-order chi connectivity index (χ1) is 14.1. The van der Waals surface area contributed by atoms with Gasteiger partial charge in [-0.1, -0.05) is 89.6 Å². The van der Waals surface area contributed by atoms with E-state index in [0.717, 1.165) is 16.8 Å². The molecule has 0 unspecified atom stereocenters. The van der Waals surface area contributed by atoms with Crippen LogP contribution in [0.15, 0.2) is 84.0 Å². The number of nitrogens with zero attached hydrogens (tertiary/aromatic N) is 3. The summed E-state index contributed by atoms with van der Waals surface area (Å²) < 4.78 is 1.87. The van der Waals surface area contributed by atoms with E-state index in [4.69, 9.17) is 23.2 Å². The van der Waals surface area contributed by atoms with E-state index in [0.29, 0.717) is 26.8 Å². The molecular weight excluding hydrogens is 425 g/mol. The Morgan fingerprint density at radius 3 is 2.10 bits per heavy atom. The maximum Gasteiger partial charge on any atom is 0.196 e. The number of aromatic nitrogens is 3. The Morgan fingerprint density at radius 2 is 1.45 bits per heavy atom. The third-order valence-electron chi connectivity index (χ3n) is 4.44. The highest BCUT2D eigenvalue weighted by Gasteiger charge is 2.22. The van der Waals surface area contributed by atoms with Gasteiger partial charge in [-0.05, 0) is 35.4 Å². The molecule has 0 fully saturated rings. The molecule has 146 valence electrons. The Morgan fingerprint density at radius 1 is 0.828 bits per heavy atom. The highest BCUT2D eigenvalue weighted by atomic mass is 35.5. The molecule has 4 rings (SSSR count). The number of aliphatic hydroxyl groups excluding tert-OH is 1. The molecule has 1 heterocycles. The molecule has 0 bridgehead atoms. The van der Waals surface area contributed by atoms with Crippen molar-refractivity contribution in [3.8, 4) is 5.69 Å². The summed E-state index contributed by atoms with van der Waals surface area (Å²) in [5.41, 5.74) is 2.46. The van der Waals surface area contributed by atoms with Crippen molar-refractivity contribution >= 4 is 35.0 Å². The molecule has 1 N–H and O–H groups in total. The van der Waals surface area contributed by atoms with Gasteiger partial charge < -0.3 is 5.11 Å². The van der Waals surface area contributed by atoms with Gasteiger partial charge in [0.05, 0.1) is 0 Å². The van der Waals surface area contributed by atoms with E-state index in [2.05, 4.69) is 10.2 Å². The number of rotatable bonds is 6. The lowest BCUT2D eigenvalue weighted by atomic mass is 10.1. The van der Waals surface area contributed by atoms with Gasteiger partial charge in [0, 0.05) is 21.5 Å². The van der Waals surface area contributed by atoms with Crippen LogP contribution < -0.4 is 0 Å². The number of hydrogen-bond donors (Lipinski definition) is 1. The molecule has 0 aliphatic carbocycles. The second-order valence-corrected chi connectivity index (χ2v) is 8.07. The molecule has 0 radical (unpaired) electrons. The van der Waals surface area contributed by atoms with E-state index >= 15 is 0 Å². The topological polar surface area (TPSA) is 50.9 Å². The number of hydrogen-bond acceptors (Lipinski definition) is 4. The Bertz CT molecular complexity index is 1080. The van der Waals surface area contributed by atoms with E-state index in [1.54, 1.807) is 0 Å². The Balaban J connectivity index is 1.72. The maximum atomic E-state index is 10.9. The first-order valence-corrected chi connectivity index (χ1v) is 10.7. The predicted octanol–water partition coefficient (Wildman–Crippen LogP) is 5.95. The van der Waals surface area contributed by atoms with Crippen LogP contribution in [0.2, 0.25) is 10.0 Å². The highest BCUT2D eigenvalue weighted by molar-refractivity contribution is 7.98. The summed E-state index contributed by atoms with van der Waals surface area (Å²) in [5.74, 6) is 0.986. The van der Waals surface area contributed by atoms with Gasteiger partial charge in [0.15, 0.2) is 11.0 Å². The zero-order valence-corrected chi connectivity index (χ0v) is 17.6. The molecule has 4 aromatic rings. The monoisotopic (exact) mass is 441 g/mol. The van der Waals surface area contributed by atoms with Gasteiger partial charge in [0.1, 0.15) is 6.10 Å². The Labute approximate surface area is 183 Å². The molecule has 0 amide bonds. The van der Waals surface area contributed by atoms with Crippen LogP contribution in [0.5, 0.6) is 0 Å². The molecular formula is C22H17Cl2N3OS. The molecule has 0 aliphatic rings. The van der Waals surface area contributed by atoms with Gasteiger partial charge in [-0.3, -0.25) is 4.57 Å². The molecule has 29 heavy (non-hydrogen) atoms. The molecule has 4 nitrogen and oxygen atoms in total. The van der Waals surface area contributed by atoms with Gasteiger partial charge in [0.25, 0.3) is 0 Å². The summed E-state index contributed by atoms with van der Waals surface area (Å²) in [4.78, 5) is 0. The molecule has 1 atom stereocenters. The molecule has 0 saturated heterocycles. The van der Waals surface area contributed by atoms with Crippen molar-refractivity contribution in [2.45, 2.75) is 17.0 Å². The van der Waals surface area contributed by atoms with Crippen LogP contribution in [0.3, 0.4) is 0 Å². The van der Waals surface area contributed by atoms with Crippen LogP contribution in [0.4, 0.5) is 0 Å². The average molecular weight is 442 g/mol. The summed E-state index contributed by atoms with van der Waals surface area (Å²) in [5, 5.41) is 21.5. The molecule has 0 aliphatic heterocycles. The summed E-state index contributed by atoms with van der Waals surface area (Å²) in [6.07, 6.45) is -0.901. The summed E-state index contributed by atoms with van der Waals surface area (Å²) >= 11 is 14.1. The van der Waals surface area contributed by atoms with Crippen LogP contribution in [0, 0.1) is 0 Å². The lowest BCUT2D eigenvalue weighted by Crippen LogP contribution is -2.09. The highest BCUT2D eigenvalue weighted by Crippen LogP contribution is 2.33. The van der Waals surface area contributed by atoms with E-state index in [-0.39, 0.29) is 0 Å². The third-order valence-corrected chi connectivity index (χ3v) is 6.10. The van der Waals surface area contributed by atoms with Crippen LogP contribution in [0.25, 0.3) is 5.69 Å². The first-order valence-electron chi connectivity index (χ1n) is 8.94. The number of para-hydroxylation sites is 1. The fraction of sp³-hybridized carbons (Fsp3) is 0.0909. The maximum absolute atomic E-state index is 10.9. The van der Waals surface area contributed by atoms with Crippen LogP contribution in [0.1, 0.15) is 23.1 Å².